The fraction of sp³-hybridized carbons (Fsp3) is 0.0667. The van der Waals surface area contributed by atoms with Crippen molar-refractivity contribution in [2.75, 3.05) is 5.32 Å². The number of nitrogens with zero attached hydrogens (tertiary/aromatic N) is 1. The molecule has 0 aliphatic heterocycles. The number of aromatic nitrogens is 1. The van der Waals surface area contributed by atoms with Crippen LogP contribution in [0.25, 0.3) is 10.2 Å². The Bertz CT molecular complexity index is 935. The Balaban J connectivity index is 1.89. The third-order valence-corrected chi connectivity index (χ3v) is 4.00. The number of fused-ring (bicyclic) bond motifs is 1. The van der Waals surface area contributed by atoms with Crippen LogP contribution in [0.1, 0.15) is 15.9 Å². The van der Waals surface area contributed by atoms with Gasteiger partial charge in [0.15, 0.2) is 10.9 Å². The maximum atomic E-state index is 13.6. The maximum absolute atomic E-state index is 13.6. The summed E-state index contributed by atoms with van der Waals surface area (Å²) in [6.07, 6.45) is -4.58. The van der Waals surface area contributed by atoms with Gasteiger partial charge in [0.1, 0.15) is 11.3 Å². The molecule has 0 saturated carbocycles. The van der Waals surface area contributed by atoms with E-state index in [-0.39, 0.29) is 20.9 Å². The number of hydrogen-bond acceptors (Lipinski definition) is 3. The number of alkyl halides is 3. The second-order valence-electron chi connectivity index (χ2n) is 4.79. The van der Waals surface area contributed by atoms with Gasteiger partial charge in [0.2, 0.25) is 0 Å². The second-order valence-corrected chi connectivity index (χ2v) is 5.82. The van der Waals surface area contributed by atoms with Gasteiger partial charge >= 0.3 is 6.18 Å². The zero-order valence-corrected chi connectivity index (χ0v) is 12.4. The largest absolute Gasteiger partial charge is 0.416 e. The van der Waals surface area contributed by atoms with Gasteiger partial charge in [-0.25, -0.2) is 13.8 Å². The molecule has 3 aromatic rings. The van der Waals surface area contributed by atoms with Gasteiger partial charge in [-0.05, 0) is 24.3 Å². The highest BCUT2D eigenvalue weighted by Crippen LogP contribution is 2.31. The highest BCUT2D eigenvalue weighted by atomic mass is 32.1. The van der Waals surface area contributed by atoms with Crippen LogP contribution in [0.5, 0.6) is 0 Å². The topological polar surface area (TPSA) is 42.0 Å². The summed E-state index contributed by atoms with van der Waals surface area (Å²) in [4.78, 5) is 15.9. The lowest BCUT2D eigenvalue weighted by Gasteiger charge is -2.08. The first-order valence-corrected chi connectivity index (χ1v) is 7.30. The number of thiazole rings is 1. The fourth-order valence-electron chi connectivity index (χ4n) is 2.02. The molecule has 3 rings (SSSR count). The summed E-state index contributed by atoms with van der Waals surface area (Å²) in [5.74, 6) is -2.51. The molecule has 0 aliphatic carbocycles. The highest BCUT2D eigenvalue weighted by molar-refractivity contribution is 7.22. The minimum absolute atomic E-state index is 0.0445. The van der Waals surface area contributed by atoms with E-state index in [9.17, 15) is 26.7 Å². The molecule has 1 amide bonds. The van der Waals surface area contributed by atoms with Gasteiger partial charge in [0, 0.05) is 11.6 Å². The smallest absolute Gasteiger partial charge is 0.298 e. The number of hydrogen-bond donors (Lipinski definition) is 1. The maximum Gasteiger partial charge on any atom is 0.416 e. The Labute approximate surface area is 135 Å². The predicted molar refractivity (Wildman–Crippen MR) is 78.9 cm³/mol. The molecule has 1 heterocycles. The number of rotatable bonds is 2. The SMILES string of the molecule is O=C(Nc1nc2c(F)cc(F)cc2s1)c1cccc(C(F)(F)F)c1. The zero-order valence-electron chi connectivity index (χ0n) is 11.6. The average Bonchev–Trinajstić information content (AvgIpc) is 2.89. The van der Waals surface area contributed by atoms with E-state index in [1.54, 1.807) is 0 Å². The Morgan fingerprint density at radius 3 is 2.58 bits per heavy atom. The lowest BCUT2D eigenvalue weighted by molar-refractivity contribution is -0.137. The molecular formula is C15H7F5N2OS. The summed E-state index contributed by atoms with van der Waals surface area (Å²) in [6.45, 7) is 0. The van der Waals surface area contributed by atoms with Crippen molar-refractivity contribution in [3.63, 3.8) is 0 Å². The average molecular weight is 358 g/mol. The van der Waals surface area contributed by atoms with E-state index in [2.05, 4.69) is 10.3 Å². The van der Waals surface area contributed by atoms with Crippen LogP contribution in [0.2, 0.25) is 0 Å². The Kier molecular flexibility index (Phi) is 3.96. The van der Waals surface area contributed by atoms with Crippen molar-refractivity contribution >= 4 is 32.6 Å². The van der Waals surface area contributed by atoms with E-state index in [0.717, 1.165) is 29.5 Å². The zero-order chi connectivity index (χ0) is 17.5. The number of carbonyl (C=O) groups excluding carboxylic acids is 1. The lowest BCUT2D eigenvalue weighted by atomic mass is 10.1. The molecule has 24 heavy (non-hydrogen) atoms. The van der Waals surface area contributed by atoms with E-state index in [0.29, 0.717) is 12.1 Å². The molecule has 0 aliphatic rings. The van der Waals surface area contributed by atoms with Gasteiger partial charge in [0.25, 0.3) is 5.91 Å². The van der Waals surface area contributed by atoms with Crippen LogP contribution in [0, 0.1) is 11.6 Å². The highest BCUT2D eigenvalue weighted by Gasteiger charge is 2.31. The van der Waals surface area contributed by atoms with E-state index in [1.807, 2.05) is 0 Å². The standard InChI is InChI=1S/C15H7F5N2OS/c16-9-5-10(17)12-11(6-9)24-14(21-12)22-13(23)7-2-1-3-8(4-7)15(18,19)20/h1-6H,(H,21,22,23). The van der Waals surface area contributed by atoms with Crippen molar-refractivity contribution in [1.82, 2.24) is 4.98 Å². The number of carbonyl (C=O) groups is 1. The molecular weight excluding hydrogens is 351 g/mol. The van der Waals surface area contributed by atoms with Crippen molar-refractivity contribution in [3.05, 3.63) is 59.2 Å². The Morgan fingerprint density at radius 1 is 1.12 bits per heavy atom. The molecule has 0 unspecified atom stereocenters. The second kappa shape index (κ2) is 5.82. The molecule has 2 aromatic carbocycles. The van der Waals surface area contributed by atoms with Gasteiger partial charge in [-0.2, -0.15) is 13.2 Å². The minimum atomic E-state index is -4.58. The van der Waals surface area contributed by atoms with Crippen LogP contribution in [-0.4, -0.2) is 10.9 Å². The first kappa shape index (κ1) is 16.3. The Hall–Kier alpha value is -2.55. The number of nitrogens with one attached hydrogen (secondary N) is 1. The van der Waals surface area contributed by atoms with Gasteiger partial charge in [-0.3, -0.25) is 10.1 Å². The first-order chi connectivity index (χ1) is 11.2. The van der Waals surface area contributed by atoms with Crippen LogP contribution < -0.4 is 5.32 Å². The summed E-state index contributed by atoms with van der Waals surface area (Å²) in [6, 6.07) is 5.55. The number of amides is 1. The molecule has 1 N–H and O–H groups in total. The van der Waals surface area contributed by atoms with Crippen molar-refractivity contribution in [1.29, 1.82) is 0 Å². The molecule has 0 spiro atoms. The van der Waals surface area contributed by atoms with E-state index < -0.39 is 29.3 Å². The summed E-state index contributed by atoms with van der Waals surface area (Å²) in [5.41, 5.74) is -1.32. The van der Waals surface area contributed by atoms with E-state index in [1.165, 1.54) is 6.07 Å². The fourth-order valence-corrected chi connectivity index (χ4v) is 2.92. The van der Waals surface area contributed by atoms with Crippen LogP contribution in [0.3, 0.4) is 0 Å². The third kappa shape index (κ3) is 3.21. The summed E-state index contributed by atoms with van der Waals surface area (Å²) < 4.78 is 64.9. The first-order valence-electron chi connectivity index (χ1n) is 6.48. The number of benzene rings is 2. The van der Waals surface area contributed by atoms with Crippen LogP contribution in [0.4, 0.5) is 27.1 Å². The molecule has 1 aromatic heterocycles. The molecule has 0 radical (unpaired) electrons. The minimum Gasteiger partial charge on any atom is -0.298 e. The Morgan fingerprint density at radius 2 is 1.88 bits per heavy atom. The third-order valence-electron chi connectivity index (χ3n) is 3.09. The molecule has 3 nitrogen and oxygen atoms in total. The van der Waals surface area contributed by atoms with Crippen molar-refractivity contribution < 1.29 is 26.7 Å². The van der Waals surface area contributed by atoms with Gasteiger partial charge in [0.05, 0.1) is 10.3 Å². The van der Waals surface area contributed by atoms with E-state index in [4.69, 9.17) is 0 Å². The van der Waals surface area contributed by atoms with E-state index >= 15 is 0 Å². The van der Waals surface area contributed by atoms with Crippen LogP contribution >= 0.6 is 11.3 Å². The van der Waals surface area contributed by atoms with Gasteiger partial charge in [-0.1, -0.05) is 17.4 Å². The molecule has 9 heteroatoms. The summed E-state index contributed by atoms with van der Waals surface area (Å²) >= 11 is 0.813. The molecule has 124 valence electrons. The quantitative estimate of drug-likeness (QED) is 0.666. The molecule has 0 atom stereocenters. The molecule has 0 bridgehead atoms. The van der Waals surface area contributed by atoms with Crippen molar-refractivity contribution in [2.45, 2.75) is 6.18 Å². The van der Waals surface area contributed by atoms with Crippen LogP contribution in [0.15, 0.2) is 36.4 Å². The monoisotopic (exact) mass is 358 g/mol. The van der Waals surface area contributed by atoms with Gasteiger partial charge < -0.3 is 0 Å². The number of halogens is 5. The summed E-state index contributed by atoms with van der Waals surface area (Å²) in [7, 11) is 0. The lowest BCUT2D eigenvalue weighted by Crippen LogP contribution is -2.13. The predicted octanol–water partition coefficient (Wildman–Crippen LogP) is 4.85. The number of anilines is 1. The van der Waals surface area contributed by atoms with Crippen LogP contribution in [-0.2, 0) is 6.18 Å². The molecule has 0 fully saturated rings. The van der Waals surface area contributed by atoms with Gasteiger partial charge in [-0.15, -0.1) is 0 Å². The summed E-state index contributed by atoms with van der Waals surface area (Å²) in [5, 5.41) is 2.24. The molecule has 0 saturated heterocycles. The van der Waals surface area contributed by atoms with Crippen molar-refractivity contribution in [2.24, 2.45) is 0 Å². The van der Waals surface area contributed by atoms with Crippen molar-refractivity contribution in [3.8, 4) is 0 Å². The normalized spacial score (nSPS) is 11.7.